The second kappa shape index (κ2) is 11.3. The molecule has 0 aliphatic heterocycles. The Morgan fingerprint density at radius 1 is 0.543 bits per heavy atom. The van der Waals surface area contributed by atoms with Crippen molar-refractivity contribution >= 4 is 33.4 Å². The summed E-state index contributed by atoms with van der Waals surface area (Å²) in [6, 6.07) is 40.1. The van der Waals surface area contributed by atoms with Crippen molar-refractivity contribution in [3.8, 4) is 33.6 Å². The van der Waals surface area contributed by atoms with Gasteiger partial charge in [-0.1, -0.05) is 114 Å². The maximum absolute atomic E-state index is 6.25. The van der Waals surface area contributed by atoms with Gasteiger partial charge in [0.25, 0.3) is 0 Å². The highest BCUT2D eigenvalue weighted by Gasteiger charge is 2.21. The van der Waals surface area contributed by atoms with Gasteiger partial charge in [0.2, 0.25) is 0 Å². The minimum absolute atomic E-state index is 0.0391. The summed E-state index contributed by atoms with van der Waals surface area (Å²) in [7, 11) is 0. The van der Waals surface area contributed by atoms with Crippen LogP contribution in [0.25, 0.3) is 55.7 Å². The molecule has 0 aliphatic rings. The van der Waals surface area contributed by atoms with Crippen LogP contribution < -0.4 is 5.32 Å². The Balaban J connectivity index is 1.31. The standard InChI is InChI=1S/C42H39N3O/c1-41(2,3)30-23-29(24-31(26-30)42(4,5)6)28-21-22-43-36(25-28)32-15-10-11-16-34(32)44-35-17-12-18-37-39(35)40-38(46-37)20-19-33(45-40)27-13-8-7-9-14-27/h7-26,44H,1-6H3. The van der Waals surface area contributed by atoms with E-state index in [9.17, 15) is 0 Å². The van der Waals surface area contributed by atoms with Crippen molar-refractivity contribution in [2.45, 2.75) is 52.4 Å². The highest BCUT2D eigenvalue weighted by atomic mass is 16.3. The van der Waals surface area contributed by atoms with Crippen LogP contribution in [0, 0.1) is 0 Å². The molecule has 0 saturated heterocycles. The van der Waals surface area contributed by atoms with E-state index in [2.05, 4.69) is 120 Å². The predicted octanol–water partition coefficient (Wildman–Crippen LogP) is 11.7. The van der Waals surface area contributed by atoms with Gasteiger partial charge in [0, 0.05) is 23.0 Å². The molecule has 0 amide bonds. The van der Waals surface area contributed by atoms with Gasteiger partial charge in [-0.3, -0.25) is 4.98 Å². The average molecular weight is 602 g/mol. The molecule has 4 aromatic carbocycles. The molecule has 1 N–H and O–H groups in total. The molecule has 3 heterocycles. The molecule has 0 radical (unpaired) electrons. The van der Waals surface area contributed by atoms with Crippen molar-refractivity contribution < 1.29 is 4.42 Å². The van der Waals surface area contributed by atoms with Gasteiger partial charge >= 0.3 is 0 Å². The lowest BCUT2D eigenvalue weighted by Gasteiger charge is -2.26. The summed E-state index contributed by atoms with van der Waals surface area (Å²) < 4.78 is 6.25. The highest BCUT2D eigenvalue weighted by Crippen LogP contribution is 2.39. The number of nitrogens with one attached hydrogen (secondary N) is 1. The van der Waals surface area contributed by atoms with Crippen LogP contribution in [0.5, 0.6) is 0 Å². The Morgan fingerprint density at radius 3 is 1.98 bits per heavy atom. The Bertz CT molecular complexity index is 2170. The van der Waals surface area contributed by atoms with E-state index in [-0.39, 0.29) is 10.8 Å². The first-order valence-electron chi connectivity index (χ1n) is 15.9. The Morgan fingerprint density at radius 2 is 1.24 bits per heavy atom. The molecule has 0 atom stereocenters. The van der Waals surface area contributed by atoms with E-state index in [0.29, 0.717) is 0 Å². The number of pyridine rings is 2. The summed E-state index contributed by atoms with van der Waals surface area (Å²) in [4.78, 5) is 9.92. The summed E-state index contributed by atoms with van der Waals surface area (Å²) >= 11 is 0. The molecule has 0 spiro atoms. The minimum Gasteiger partial charge on any atom is -0.454 e. The number of benzene rings is 4. The number of aromatic nitrogens is 2. The molecule has 4 heteroatoms. The zero-order chi connectivity index (χ0) is 32.1. The first kappa shape index (κ1) is 29.5. The number of fused-ring (bicyclic) bond motifs is 3. The van der Waals surface area contributed by atoms with Gasteiger partial charge in [-0.15, -0.1) is 0 Å². The largest absolute Gasteiger partial charge is 0.454 e. The summed E-state index contributed by atoms with van der Waals surface area (Å²) in [5.41, 5.74) is 13.3. The van der Waals surface area contributed by atoms with E-state index in [4.69, 9.17) is 14.4 Å². The third kappa shape index (κ3) is 5.67. The lowest BCUT2D eigenvalue weighted by molar-refractivity contribution is 0.569. The van der Waals surface area contributed by atoms with Crippen LogP contribution in [0.2, 0.25) is 0 Å². The zero-order valence-electron chi connectivity index (χ0n) is 27.3. The van der Waals surface area contributed by atoms with Crippen LogP contribution in [0.4, 0.5) is 11.4 Å². The number of anilines is 2. The molecular weight excluding hydrogens is 562 g/mol. The van der Waals surface area contributed by atoms with E-state index in [1.54, 1.807) is 0 Å². The number of furan rings is 1. The van der Waals surface area contributed by atoms with Crippen LogP contribution in [0.3, 0.4) is 0 Å². The van der Waals surface area contributed by atoms with Gasteiger partial charge in [-0.05, 0) is 75.5 Å². The van der Waals surface area contributed by atoms with Gasteiger partial charge in [-0.25, -0.2) is 4.98 Å². The fraction of sp³-hybridized carbons (Fsp3) is 0.190. The Kier molecular flexibility index (Phi) is 7.24. The van der Waals surface area contributed by atoms with E-state index in [1.807, 2.05) is 48.7 Å². The molecule has 0 aliphatic carbocycles. The van der Waals surface area contributed by atoms with Gasteiger partial charge < -0.3 is 9.73 Å². The zero-order valence-corrected chi connectivity index (χ0v) is 27.3. The number of nitrogens with zero attached hydrogens (tertiary/aromatic N) is 2. The first-order valence-corrected chi connectivity index (χ1v) is 15.9. The monoisotopic (exact) mass is 601 g/mol. The van der Waals surface area contributed by atoms with Crippen LogP contribution >= 0.6 is 0 Å². The molecule has 3 aromatic heterocycles. The minimum atomic E-state index is 0.0391. The fourth-order valence-corrected chi connectivity index (χ4v) is 5.94. The number of hydrogen-bond acceptors (Lipinski definition) is 4. The second-order valence-corrected chi connectivity index (χ2v) is 14.1. The molecule has 0 saturated carbocycles. The van der Waals surface area contributed by atoms with E-state index >= 15 is 0 Å². The van der Waals surface area contributed by atoms with Crippen molar-refractivity contribution in [3.63, 3.8) is 0 Å². The van der Waals surface area contributed by atoms with Crippen molar-refractivity contribution in [1.82, 2.24) is 9.97 Å². The van der Waals surface area contributed by atoms with Gasteiger partial charge in [0.15, 0.2) is 5.58 Å². The number of rotatable bonds is 5. The summed E-state index contributed by atoms with van der Waals surface area (Å²) in [5, 5.41) is 4.69. The number of hydrogen-bond donors (Lipinski definition) is 1. The fourth-order valence-electron chi connectivity index (χ4n) is 5.94. The quantitative estimate of drug-likeness (QED) is 0.213. The molecule has 0 fully saturated rings. The summed E-state index contributed by atoms with van der Waals surface area (Å²) in [5.74, 6) is 0. The second-order valence-electron chi connectivity index (χ2n) is 14.1. The van der Waals surface area contributed by atoms with Crippen molar-refractivity contribution in [1.29, 1.82) is 0 Å². The lowest BCUT2D eigenvalue weighted by atomic mass is 9.79. The molecule has 7 rings (SSSR count). The molecule has 228 valence electrons. The third-order valence-electron chi connectivity index (χ3n) is 8.64. The SMILES string of the molecule is CC(C)(C)c1cc(-c2ccnc(-c3ccccc3Nc3cccc4oc5ccc(-c6ccccc6)nc5c34)c2)cc(C(C)(C)C)c1. The molecule has 46 heavy (non-hydrogen) atoms. The predicted molar refractivity (Wildman–Crippen MR) is 193 cm³/mol. The molecule has 4 nitrogen and oxygen atoms in total. The van der Waals surface area contributed by atoms with Crippen molar-refractivity contribution in [2.24, 2.45) is 0 Å². The normalized spacial score (nSPS) is 12.1. The Hall–Kier alpha value is -5.22. The van der Waals surface area contributed by atoms with Crippen LogP contribution in [0.15, 0.2) is 126 Å². The summed E-state index contributed by atoms with van der Waals surface area (Å²) in [6.07, 6.45) is 1.92. The topological polar surface area (TPSA) is 51.0 Å². The Labute approximate surface area is 271 Å². The summed E-state index contributed by atoms with van der Waals surface area (Å²) in [6.45, 7) is 13.7. The molecule has 0 bridgehead atoms. The molecular formula is C42H39N3O. The van der Waals surface area contributed by atoms with Crippen LogP contribution in [0.1, 0.15) is 52.7 Å². The van der Waals surface area contributed by atoms with E-state index < -0.39 is 0 Å². The lowest BCUT2D eigenvalue weighted by Crippen LogP contribution is -2.16. The van der Waals surface area contributed by atoms with Crippen LogP contribution in [-0.2, 0) is 10.8 Å². The number of para-hydroxylation sites is 1. The van der Waals surface area contributed by atoms with Gasteiger partial charge in [0.1, 0.15) is 11.1 Å². The molecule has 0 unspecified atom stereocenters. The average Bonchev–Trinajstić information content (AvgIpc) is 3.43. The van der Waals surface area contributed by atoms with E-state index in [1.165, 1.54) is 16.7 Å². The van der Waals surface area contributed by atoms with Crippen LogP contribution in [-0.4, -0.2) is 9.97 Å². The smallest absolute Gasteiger partial charge is 0.154 e. The van der Waals surface area contributed by atoms with E-state index in [0.717, 1.165) is 61.5 Å². The van der Waals surface area contributed by atoms with Gasteiger partial charge in [0.05, 0.1) is 22.5 Å². The third-order valence-corrected chi connectivity index (χ3v) is 8.64. The van der Waals surface area contributed by atoms with Gasteiger partial charge in [-0.2, -0.15) is 0 Å². The maximum Gasteiger partial charge on any atom is 0.154 e. The van der Waals surface area contributed by atoms with Crippen molar-refractivity contribution in [2.75, 3.05) is 5.32 Å². The highest BCUT2D eigenvalue weighted by molar-refractivity contribution is 6.10. The molecule has 7 aromatic rings. The van der Waals surface area contributed by atoms with Crippen molar-refractivity contribution in [3.05, 3.63) is 133 Å². The first-order chi connectivity index (χ1) is 22.0. The maximum atomic E-state index is 6.25.